The van der Waals surface area contributed by atoms with Crippen LogP contribution in [0.3, 0.4) is 0 Å². The molecule has 1 fully saturated rings. The highest BCUT2D eigenvalue weighted by atomic mass is 32.1. The molecule has 2 atom stereocenters. The van der Waals surface area contributed by atoms with Gasteiger partial charge >= 0.3 is 5.82 Å². The molecule has 1 aliphatic carbocycles. The summed E-state index contributed by atoms with van der Waals surface area (Å²) < 4.78 is 1.53. The van der Waals surface area contributed by atoms with Gasteiger partial charge in [0, 0.05) is 11.9 Å². The molecule has 19 heavy (non-hydrogen) atoms. The maximum absolute atomic E-state index is 11.2. The van der Waals surface area contributed by atoms with E-state index in [1.807, 2.05) is 0 Å². The fourth-order valence-electron chi connectivity index (χ4n) is 2.82. The van der Waals surface area contributed by atoms with Gasteiger partial charge in [0.05, 0.1) is 0 Å². The van der Waals surface area contributed by atoms with Crippen LogP contribution < -0.4 is 5.32 Å². The summed E-state index contributed by atoms with van der Waals surface area (Å²) in [6.45, 7) is 3.03. The van der Waals surface area contributed by atoms with Gasteiger partial charge in [-0.05, 0) is 29.6 Å². The van der Waals surface area contributed by atoms with Crippen LogP contribution in [0.2, 0.25) is 0 Å². The third-order valence-corrected chi connectivity index (χ3v) is 4.53. The van der Waals surface area contributed by atoms with Gasteiger partial charge in [0.25, 0.3) is 4.96 Å². The minimum atomic E-state index is -0.369. The molecular formula is C12H16N4O2S. The molecule has 0 saturated heterocycles. The summed E-state index contributed by atoms with van der Waals surface area (Å²) in [6, 6.07) is 0. The number of nitro groups is 1. The molecule has 3 rings (SSSR count). The van der Waals surface area contributed by atoms with Crippen molar-refractivity contribution in [2.75, 3.05) is 11.9 Å². The third kappa shape index (κ3) is 2.30. The lowest BCUT2D eigenvalue weighted by atomic mass is 10.1. The maximum atomic E-state index is 11.2. The number of nitrogens with one attached hydrogen (secondary N) is 1. The van der Waals surface area contributed by atoms with Gasteiger partial charge in [-0.2, -0.15) is 9.38 Å². The summed E-state index contributed by atoms with van der Waals surface area (Å²) in [5.41, 5.74) is 0. The van der Waals surface area contributed by atoms with Gasteiger partial charge in [-0.25, -0.2) is 0 Å². The van der Waals surface area contributed by atoms with Crippen LogP contribution in [0.1, 0.15) is 26.2 Å². The van der Waals surface area contributed by atoms with E-state index in [0.717, 1.165) is 12.5 Å². The van der Waals surface area contributed by atoms with Gasteiger partial charge in [-0.3, -0.25) is 0 Å². The number of nitrogens with zero attached hydrogens (tertiary/aromatic N) is 3. The fourth-order valence-corrected chi connectivity index (χ4v) is 3.53. The Kier molecular flexibility index (Phi) is 3.14. The molecule has 2 heterocycles. The van der Waals surface area contributed by atoms with Crippen molar-refractivity contribution in [2.24, 2.45) is 11.8 Å². The van der Waals surface area contributed by atoms with Crippen molar-refractivity contribution in [3.05, 3.63) is 21.7 Å². The molecule has 0 spiro atoms. The van der Waals surface area contributed by atoms with Crippen molar-refractivity contribution in [1.29, 1.82) is 0 Å². The number of rotatable bonds is 4. The molecule has 6 nitrogen and oxygen atoms in total. The highest BCUT2D eigenvalue weighted by molar-refractivity contribution is 7.15. The van der Waals surface area contributed by atoms with Crippen LogP contribution >= 0.6 is 11.3 Å². The van der Waals surface area contributed by atoms with Crippen LogP contribution in [0, 0.1) is 22.0 Å². The number of hydrogen-bond acceptors (Lipinski definition) is 5. The van der Waals surface area contributed by atoms with E-state index in [9.17, 15) is 10.1 Å². The highest BCUT2D eigenvalue weighted by Crippen LogP contribution is 2.32. The van der Waals surface area contributed by atoms with E-state index in [2.05, 4.69) is 17.2 Å². The zero-order valence-electron chi connectivity index (χ0n) is 10.7. The first-order valence-corrected chi connectivity index (χ1v) is 7.37. The van der Waals surface area contributed by atoms with E-state index in [1.54, 1.807) is 11.6 Å². The molecule has 0 amide bonds. The van der Waals surface area contributed by atoms with Gasteiger partial charge in [-0.15, -0.1) is 0 Å². The average molecular weight is 280 g/mol. The van der Waals surface area contributed by atoms with Crippen molar-refractivity contribution in [3.8, 4) is 0 Å². The van der Waals surface area contributed by atoms with Crippen molar-refractivity contribution >= 4 is 27.9 Å². The SMILES string of the molecule is CC1CCC(CNc2nc3sccn3c2[N+](=O)[O-])C1. The second-order valence-electron chi connectivity index (χ2n) is 5.26. The summed E-state index contributed by atoms with van der Waals surface area (Å²) in [6.07, 6.45) is 5.34. The summed E-state index contributed by atoms with van der Waals surface area (Å²) in [7, 11) is 0. The summed E-state index contributed by atoms with van der Waals surface area (Å²) in [5.74, 6) is 1.82. The molecule has 0 radical (unpaired) electrons. The summed E-state index contributed by atoms with van der Waals surface area (Å²) in [4.78, 5) is 15.7. The van der Waals surface area contributed by atoms with Crippen LogP contribution in [0.4, 0.5) is 11.6 Å². The van der Waals surface area contributed by atoms with Gasteiger partial charge < -0.3 is 15.4 Å². The zero-order chi connectivity index (χ0) is 13.4. The Morgan fingerprint density at radius 2 is 2.47 bits per heavy atom. The molecule has 102 valence electrons. The Hall–Kier alpha value is -1.63. The molecule has 2 aromatic rings. The molecular weight excluding hydrogens is 264 g/mol. The Bertz CT molecular complexity index is 606. The van der Waals surface area contributed by atoms with Crippen LogP contribution in [0.25, 0.3) is 4.96 Å². The molecule has 0 aromatic carbocycles. The predicted molar refractivity (Wildman–Crippen MR) is 74.7 cm³/mol. The number of imidazole rings is 1. The minimum absolute atomic E-state index is 0.0438. The molecule has 7 heteroatoms. The van der Waals surface area contributed by atoms with E-state index in [0.29, 0.717) is 16.7 Å². The number of thiazole rings is 1. The second-order valence-corrected chi connectivity index (χ2v) is 6.13. The van der Waals surface area contributed by atoms with Gasteiger partial charge in [0.15, 0.2) is 0 Å². The van der Waals surface area contributed by atoms with Crippen LogP contribution in [0.15, 0.2) is 11.6 Å². The molecule has 1 aliphatic rings. The van der Waals surface area contributed by atoms with E-state index < -0.39 is 0 Å². The first kappa shape index (κ1) is 12.4. The first-order chi connectivity index (χ1) is 9.15. The van der Waals surface area contributed by atoms with Crippen molar-refractivity contribution in [3.63, 3.8) is 0 Å². The fraction of sp³-hybridized carbons (Fsp3) is 0.583. The van der Waals surface area contributed by atoms with Gasteiger partial charge in [0.1, 0.15) is 6.20 Å². The van der Waals surface area contributed by atoms with Gasteiger partial charge in [0.2, 0.25) is 5.82 Å². The van der Waals surface area contributed by atoms with E-state index in [4.69, 9.17) is 0 Å². The molecule has 0 bridgehead atoms. The normalized spacial score (nSPS) is 23.0. The predicted octanol–water partition coefficient (Wildman–Crippen LogP) is 3.15. The molecule has 2 unspecified atom stereocenters. The highest BCUT2D eigenvalue weighted by Gasteiger charge is 2.26. The first-order valence-electron chi connectivity index (χ1n) is 6.49. The van der Waals surface area contributed by atoms with Crippen molar-refractivity contribution in [1.82, 2.24) is 9.38 Å². The lowest BCUT2D eigenvalue weighted by molar-refractivity contribution is -0.389. The standard InChI is InChI=1S/C12H16N4O2S/c1-8-2-3-9(6-8)7-13-10-11(16(17)18)15-4-5-19-12(15)14-10/h4-5,8-9,13H,2-3,6-7H2,1H3. The Morgan fingerprint density at radius 1 is 1.63 bits per heavy atom. The quantitative estimate of drug-likeness (QED) is 0.689. The lowest BCUT2D eigenvalue weighted by Crippen LogP contribution is -2.12. The van der Waals surface area contributed by atoms with E-state index in [-0.39, 0.29) is 10.7 Å². The summed E-state index contributed by atoms with van der Waals surface area (Å²) >= 11 is 1.41. The van der Waals surface area contributed by atoms with Crippen molar-refractivity contribution < 1.29 is 4.92 Å². The number of aromatic nitrogens is 2. The summed E-state index contributed by atoms with van der Waals surface area (Å²) in [5, 5.41) is 16.1. The van der Waals surface area contributed by atoms with Gasteiger partial charge in [-0.1, -0.05) is 24.7 Å². The van der Waals surface area contributed by atoms with Crippen LogP contribution in [-0.4, -0.2) is 20.9 Å². The number of fused-ring (bicyclic) bond motifs is 1. The van der Waals surface area contributed by atoms with Crippen LogP contribution in [0.5, 0.6) is 0 Å². The zero-order valence-corrected chi connectivity index (χ0v) is 11.5. The van der Waals surface area contributed by atoms with E-state index in [1.165, 1.54) is 35.0 Å². The topological polar surface area (TPSA) is 72.5 Å². The Morgan fingerprint density at radius 3 is 3.16 bits per heavy atom. The van der Waals surface area contributed by atoms with Crippen LogP contribution in [-0.2, 0) is 0 Å². The molecule has 2 aromatic heterocycles. The lowest BCUT2D eigenvalue weighted by Gasteiger charge is -2.10. The Labute approximate surface area is 114 Å². The number of anilines is 1. The average Bonchev–Trinajstić information content (AvgIpc) is 3.00. The minimum Gasteiger partial charge on any atom is -0.363 e. The monoisotopic (exact) mass is 280 g/mol. The largest absolute Gasteiger partial charge is 0.372 e. The number of hydrogen-bond donors (Lipinski definition) is 1. The maximum Gasteiger partial charge on any atom is 0.372 e. The molecule has 0 aliphatic heterocycles. The molecule has 1 N–H and O–H groups in total. The third-order valence-electron chi connectivity index (χ3n) is 3.77. The smallest absolute Gasteiger partial charge is 0.363 e. The second kappa shape index (κ2) is 4.80. The Balaban J connectivity index is 1.78. The molecule has 1 saturated carbocycles. The van der Waals surface area contributed by atoms with Crippen molar-refractivity contribution in [2.45, 2.75) is 26.2 Å². The van der Waals surface area contributed by atoms with E-state index >= 15 is 0 Å².